The van der Waals surface area contributed by atoms with Crippen molar-refractivity contribution in [2.45, 2.75) is 25.1 Å². The van der Waals surface area contributed by atoms with Crippen molar-refractivity contribution in [3.63, 3.8) is 0 Å². The lowest BCUT2D eigenvalue weighted by Gasteiger charge is -2.31. The second kappa shape index (κ2) is 6.99. The average molecular weight is 422 g/mol. The molecule has 2 unspecified atom stereocenters. The quantitative estimate of drug-likeness (QED) is 0.684. The Morgan fingerprint density at radius 2 is 1.92 bits per heavy atom. The van der Waals surface area contributed by atoms with E-state index >= 15 is 0 Å². The van der Waals surface area contributed by atoms with E-state index in [2.05, 4.69) is 41.5 Å². The molecule has 2 atom stereocenters. The number of nitrogens with zero attached hydrogens (tertiary/aromatic N) is 4. The summed E-state index contributed by atoms with van der Waals surface area (Å²) in [6.45, 7) is -2.88. The smallest absolute Gasteiger partial charge is 0.387 e. The number of hydrogen-bond donors (Lipinski definition) is 1. The molecule has 134 valence electrons. The zero-order valence-corrected chi connectivity index (χ0v) is 15.0. The van der Waals surface area contributed by atoms with Crippen molar-refractivity contribution in [3.05, 3.63) is 64.1 Å². The van der Waals surface area contributed by atoms with Crippen LogP contribution < -0.4 is 10.1 Å². The monoisotopic (exact) mass is 421 g/mol. The number of fused-ring (bicyclic) bond motifs is 1. The number of anilines is 1. The fourth-order valence-corrected chi connectivity index (χ4v) is 3.44. The highest BCUT2D eigenvalue weighted by atomic mass is 79.9. The number of aromatic nitrogens is 4. The third-order valence-electron chi connectivity index (χ3n) is 4.32. The molecule has 1 aromatic heterocycles. The van der Waals surface area contributed by atoms with Gasteiger partial charge in [0.1, 0.15) is 5.75 Å². The number of hydrogen-bond acceptors (Lipinski definition) is 5. The third-order valence-corrected chi connectivity index (χ3v) is 4.84. The summed E-state index contributed by atoms with van der Waals surface area (Å²) in [7, 11) is 0. The van der Waals surface area contributed by atoms with Gasteiger partial charge in [0.05, 0.1) is 12.1 Å². The average Bonchev–Trinajstić information content (AvgIpc) is 3.10. The van der Waals surface area contributed by atoms with Gasteiger partial charge < -0.3 is 10.1 Å². The molecule has 1 aliphatic rings. The van der Waals surface area contributed by atoms with Crippen LogP contribution in [0.1, 0.15) is 29.6 Å². The molecule has 2 heterocycles. The summed E-state index contributed by atoms with van der Waals surface area (Å²) >= 11 is 3.43. The van der Waals surface area contributed by atoms with Crippen LogP contribution in [0.3, 0.4) is 0 Å². The Balaban J connectivity index is 1.71. The topological polar surface area (TPSA) is 64.9 Å². The van der Waals surface area contributed by atoms with Crippen molar-refractivity contribution in [2.75, 3.05) is 5.32 Å². The summed E-state index contributed by atoms with van der Waals surface area (Å²) in [5.41, 5.74) is 1.67. The minimum Gasteiger partial charge on any atom is -0.434 e. The number of tetrazole rings is 1. The molecule has 0 radical (unpaired) electrons. The first kappa shape index (κ1) is 16.9. The van der Waals surface area contributed by atoms with Crippen LogP contribution in [0.5, 0.6) is 5.75 Å². The van der Waals surface area contributed by atoms with Gasteiger partial charge in [-0.2, -0.15) is 8.78 Å². The normalized spacial score (nSPS) is 19.1. The molecule has 0 saturated heterocycles. The van der Waals surface area contributed by atoms with E-state index in [1.807, 2.05) is 24.3 Å². The van der Waals surface area contributed by atoms with E-state index in [4.69, 9.17) is 0 Å². The summed E-state index contributed by atoms with van der Waals surface area (Å²) in [4.78, 5) is 0. The molecule has 4 rings (SSSR count). The molecule has 1 N–H and O–H groups in total. The van der Waals surface area contributed by atoms with Gasteiger partial charge >= 0.3 is 6.61 Å². The lowest BCUT2D eigenvalue weighted by Crippen LogP contribution is -2.28. The fraction of sp³-hybridized carbons (Fsp3) is 0.235. The number of alkyl halides is 2. The Morgan fingerprint density at radius 3 is 2.69 bits per heavy atom. The van der Waals surface area contributed by atoms with Gasteiger partial charge in [-0.05, 0) is 40.6 Å². The van der Waals surface area contributed by atoms with Gasteiger partial charge in [0.2, 0.25) is 5.95 Å². The Morgan fingerprint density at radius 1 is 1.15 bits per heavy atom. The largest absolute Gasteiger partial charge is 0.434 e. The molecular weight excluding hydrogens is 408 g/mol. The minimum absolute atomic E-state index is 0.126. The summed E-state index contributed by atoms with van der Waals surface area (Å²) in [6, 6.07) is 14.3. The van der Waals surface area contributed by atoms with E-state index in [1.54, 1.807) is 22.9 Å². The number of benzene rings is 2. The number of ether oxygens (including phenoxy) is 1. The van der Waals surface area contributed by atoms with Crippen molar-refractivity contribution < 1.29 is 13.5 Å². The summed E-state index contributed by atoms with van der Waals surface area (Å²) < 4.78 is 32.9. The molecule has 0 fully saturated rings. The van der Waals surface area contributed by atoms with Gasteiger partial charge in [-0.1, -0.05) is 51.4 Å². The molecule has 3 aromatic rings. The van der Waals surface area contributed by atoms with E-state index < -0.39 is 6.61 Å². The molecule has 26 heavy (non-hydrogen) atoms. The van der Waals surface area contributed by atoms with Crippen LogP contribution in [-0.2, 0) is 0 Å². The zero-order valence-electron chi connectivity index (χ0n) is 13.4. The molecule has 9 heteroatoms. The highest BCUT2D eigenvalue weighted by molar-refractivity contribution is 9.10. The first-order valence-corrected chi connectivity index (χ1v) is 8.74. The van der Waals surface area contributed by atoms with Gasteiger partial charge in [0.25, 0.3) is 0 Å². The van der Waals surface area contributed by atoms with E-state index in [1.165, 1.54) is 6.07 Å². The van der Waals surface area contributed by atoms with E-state index in [-0.39, 0.29) is 17.8 Å². The molecular formula is C17H14BrF2N5O. The maximum Gasteiger partial charge on any atom is 0.387 e. The van der Waals surface area contributed by atoms with Gasteiger partial charge in [-0.3, -0.25) is 0 Å². The van der Waals surface area contributed by atoms with Crippen LogP contribution in [0.25, 0.3) is 0 Å². The first-order valence-electron chi connectivity index (χ1n) is 7.95. The highest BCUT2D eigenvalue weighted by Gasteiger charge is 2.32. The Kier molecular flexibility index (Phi) is 4.54. The van der Waals surface area contributed by atoms with E-state index in [0.717, 1.165) is 10.0 Å². The molecule has 0 spiro atoms. The van der Waals surface area contributed by atoms with Gasteiger partial charge in [-0.25, -0.2) is 4.68 Å². The molecule has 0 saturated carbocycles. The number of rotatable bonds is 4. The van der Waals surface area contributed by atoms with Crippen LogP contribution in [-0.4, -0.2) is 26.8 Å². The van der Waals surface area contributed by atoms with Crippen molar-refractivity contribution in [3.8, 4) is 5.75 Å². The van der Waals surface area contributed by atoms with Gasteiger partial charge in [0, 0.05) is 10.0 Å². The predicted octanol–water partition coefficient (Wildman–Crippen LogP) is 4.18. The van der Waals surface area contributed by atoms with E-state index in [0.29, 0.717) is 17.9 Å². The fourth-order valence-electron chi connectivity index (χ4n) is 3.18. The van der Waals surface area contributed by atoms with E-state index in [9.17, 15) is 8.78 Å². The standard InChI is InChI=1S/C17H14BrF2N5O/c18-11-7-5-10(6-8-11)14-9-13(21-17-22-23-24-25(14)17)12-3-1-2-4-15(12)26-16(19)20/h1-8,13-14,16H,9H2,(H,21,22,24). The number of nitrogens with one attached hydrogen (secondary N) is 1. The van der Waals surface area contributed by atoms with Crippen molar-refractivity contribution in [1.82, 2.24) is 20.2 Å². The Labute approximate surface area is 156 Å². The predicted molar refractivity (Wildman–Crippen MR) is 94.2 cm³/mol. The van der Waals surface area contributed by atoms with Gasteiger partial charge in [0.15, 0.2) is 0 Å². The molecule has 6 nitrogen and oxygen atoms in total. The molecule has 0 bridgehead atoms. The lowest BCUT2D eigenvalue weighted by molar-refractivity contribution is -0.0506. The van der Waals surface area contributed by atoms with Crippen molar-refractivity contribution in [1.29, 1.82) is 0 Å². The number of para-hydroxylation sites is 1. The van der Waals surface area contributed by atoms with Crippen molar-refractivity contribution >= 4 is 21.9 Å². The summed E-state index contributed by atoms with van der Waals surface area (Å²) in [6.07, 6.45) is 0.587. The maximum absolute atomic E-state index is 12.8. The molecule has 2 aromatic carbocycles. The van der Waals surface area contributed by atoms with Crippen LogP contribution in [0, 0.1) is 0 Å². The zero-order chi connectivity index (χ0) is 18.1. The van der Waals surface area contributed by atoms with Crippen LogP contribution >= 0.6 is 15.9 Å². The second-order valence-electron chi connectivity index (χ2n) is 5.86. The molecule has 1 aliphatic heterocycles. The first-order chi connectivity index (χ1) is 12.6. The van der Waals surface area contributed by atoms with Gasteiger partial charge in [-0.15, -0.1) is 0 Å². The third kappa shape index (κ3) is 3.26. The summed E-state index contributed by atoms with van der Waals surface area (Å²) in [5, 5.41) is 15.0. The van der Waals surface area contributed by atoms with Crippen LogP contribution in [0.4, 0.5) is 14.7 Å². The Hall–Kier alpha value is -2.55. The molecule has 0 aliphatic carbocycles. The number of halogens is 3. The minimum atomic E-state index is -2.88. The highest BCUT2D eigenvalue weighted by Crippen LogP contribution is 2.40. The summed E-state index contributed by atoms with van der Waals surface area (Å²) in [5.74, 6) is 0.636. The lowest BCUT2D eigenvalue weighted by atomic mass is 9.93. The van der Waals surface area contributed by atoms with Crippen molar-refractivity contribution in [2.24, 2.45) is 0 Å². The molecule has 0 amide bonds. The second-order valence-corrected chi connectivity index (χ2v) is 6.78. The SMILES string of the molecule is FC(F)Oc1ccccc1C1CC(c2ccc(Br)cc2)n2nnnc2N1. The maximum atomic E-state index is 12.8. The Bertz CT molecular complexity index is 902. The van der Waals surface area contributed by atoms with Crippen LogP contribution in [0.15, 0.2) is 53.0 Å². The van der Waals surface area contributed by atoms with Crippen LogP contribution in [0.2, 0.25) is 0 Å².